The smallest absolute Gasteiger partial charge is 0.221 e. The second-order valence-corrected chi connectivity index (χ2v) is 2.61. The molecule has 0 atom stereocenters. The molecule has 4 heteroatoms. The summed E-state index contributed by atoms with van der Waals surface area (Å²) in [5.41, 5.74) is 0. The molecule has 1 rings (SSSR count). The molecule has 56 valence electrons. The lowest BCUT2D eigenvalue weighted by atomic mass is 10.2. The van der Waals surface area contributed by atoms with E-state index in [1.54, 1.807) is 6.33 Å². The van der Waals surface area contributed by atoms with Gasteiger partial charge in [0.1, 0.15) is 6.33 Å². The molecule has 0 bridgehead atoms. The zero-order valence-corrected chi connectivity index (χ0v) is 6.26. The molecule has 4 nitrogen and oxygen atoms in total. The fourth-order valence-corrected chi connectivity index (χ4v) is 0.593. The molecule has 0 unspecified atom stereocenters. The van der Waals surface area contributed by atoms with Crippen LogP contribution < -0.4 is 5.32 Å². The number of anilines is 1. The van der Waals surface area contributed by atoms with Crippen LogP contribution in [0.4, 0.5) is 5.95 Å². The third kappa shape index (κ3) is 2.05. The molecule has 0 fully saturated rings. The van der Waals surface area contributed by atoms with E-state index >= 15 is 0 Å². The number of nitrogens with one attached hydrogen (secondary N) is 2. The Morgan fingerprint density at radius 1 is 1.70 bits per heavy atom. The first-order chi connectivity index (χ1) is 4.79. The average molecular weight is 140 g/mol. The van der Waals surface area contributed by atoms with Gasteiger partial charge in [-0.1, -0.05) is 13.8 Å². The van der Waals surface area contributed by atoms with Gasteiger partial charge in [-0.2, -0.15) is 0 Å². The molecule has 0 spiro atoms. The first kappa shape index (κ1) is 7.05. The van der Waals surface area contributed by atoms with Gasteiger partial charge in [0.25, 0.3) is 0 Å². The minimum atomic E-state index is 0.630. The Morgan fingerprint density at radius 3 is 3.00 bits per heavy atom. The fraction of sp³-hybridized carbons (Fsp3) is 0.667. The SMILES string of the molecule is CC(C)CNc1nnc[nH]1. The van der Waals surface area contributed by atoms with Gasteiger partial charge in [0, 0.05) is 6.54 Å². The topological polar surface area (TPSA) is 53.6 Å². The summed E-state index contributed by atoms with van der Waals surface area (Å²) < 4.78 is 0. The summed E-state index contributed by atoms with van der Waals surface area (Å²) >= 11 is 0. The number of rotatable bonds is 3. The molecule has 0 aromatic carbocycles. The fourth-order valence-electron chi connectivity index (χ4n) is 0.593. The van der Waals surface area contributed by atoms with Gasteiger partial charge in [-0.3, -0.25) is 0 Å². The van der Waals surface area contributed by atoms with Crippen LogP contribution in [0.25, 0.3) is 0 Å². The van der Waals surface area contributed by atoms with Gasteiger partial charge >= 0.3 is 0 Å². The van der Waals surface area contributed by atoms with Crippen molar-refractivity contribution >= 4 is 5.95 Å². The van der Waals surface area contributed by atoms with Crippen molar-refractivity contribution in [3.05, 3.63) is 6.33 Å². The summed E-state index contributed by atoms with van der Waals surface area (Å²) in [6.07, 6.45) is 1.56. The molecule has 10 heavy (non-hydrogen) atoms. The number of hydrogen-bond donors (Lipinski definition) is 2. The zero-order chi connectivity index (χ0) is 7.40. The van der Waals surface area contributed by atoms with Gasteiger partial charge in [-0.25, -0.2) is 0 Å². The van der Waals surface area contributed by atoms with Crippen LogP contribution in [-0.2, 0) is 0 Å². The first-order valence-corrected chi connectivity index (χ1v) is 3.39. The van der Waals surface area contributed by atoms with E-state index in [0.29, 0.717) is 5.92 Å². The van der Waals surface area contributed by atoms with E-state index in [2.05, 4.69) is 34.3 Å². The Hall–Kier alpha value is -1.06. The van der Waals surface area contributed by atoms with Crippen molar-refractivity contribution in [2.75, 3.05) is 11.9 Å². The van der Waals surface area contributed by atoms with Crippen LogP contribution >= 0.6 is 0 Å². The molecule has 1 aromatic heterocycles. The molecule has 0 aliphatic heterocycles. The Labute approximate surface area is 60.1 Å². The summed E-state index contributed by atoms with van der Waals surface area (Å²) in [4.78, 5) is 2.86. The number of nitrogens with zero attached hydrogens (tertiary/aromatic N) is 2. The van der Waals surface area contributed by atoms with Crippen LogP contribution in [0.1, 0.15) is 13.8 Å². The summed E-state index contributed by atoms with van der Waals surface area (Å²) in [5.74, 6) is 1.37. The van der Waals surface area contributed by atoms with E-state index in [9.17, 15) is 0 Å². The second kappa shape index (κ2) is 3.20. The standard InChI is InChI=1S/C6H12N4/c1-5(2)3-7-6-8-4-9-10-6/h4-5H,3H2,1-2H3,(H2,7,8,9,10). The Kier molecular flexibility index (Phi) is 2.25. The van der Waals surface area contributed by atoms with Crippen LogP contribution in [0, 0.1) is 5.92 Å². The van der Waals surface area contributed by atoms with E-state index in [1.165, 1.54) is 0 Å². The lowest BCUT2D eigenvalue weighted by molar-refractivity contribution is 0.685. The van der Waals surface area contributed by atoms with Gasteiger partial charge in [-0.15, -0.1) is 10.2 Å². The maximum Gasteiger partial charge on any atom is 0.221 e. The molecule has 0 saturated heterocycles. The number of hydrogen-bond acceptors (Lipinski definition) is 3. The third-order valence-electron chi connectivity index (χ3n) is 1.09. The average Bonchev–Trinajstić information content (AvgIpc) is 2.34. The number of aromatic amines is 1. The number of aromatic nitrogens is 3. The molecular formula is C6H12N4. The molecule has 1 aromatic rings. The highest BCUT2D eigenvalue weighted by Gasteiger charge is 1.94. The lowest BCUT2D eigenvalue weighted by Crippen LogP contribution is -2.08. The normalized spacial score (nSPS) is 10.3. The van der Waals surface area contributed by atoms with Crippen molar-refractivity contribution < 1.29 is 0 Å². The highest BCUT2D eigenvalue weighted by atomic mass is 15.3. The van der Waals surface area contributed by atoms with Gasteiger partial charge in [0.15, 0.2) is 0 Å². The van der Waals surface area contributed by atoms with Crippen molar-refractivity contribution in [3.8, 4) is 0 Å². The minimum absolute atomic E-state index is 0.630. The number of H-pyrrole nitrogens is 1. The van der Waals surface area contributed by atoms with E-state index < -0.39 is 0 Å². The van der Waals surface area contributed by atoms with Gasteiger partial charge in [-0.05, 0) is 5.92 Å². The maximum atomic E-state index is 3.77. The molecule has 0 saturated carbocycles. The van der Waals surface area contributed by atoms with Gasteiger partial charge in [0.2, 0.25) is 5.95 Å². The van der Waals surface area contributed by atoms with Crippen molar-refractivity contribution in [1.29, 1.82) is 0 Å². The van der Waals surface area contributed by atoms with E-state index in [0.717, 1.165) is 12.5 Å². The van der Waals surface area contributed by atoms with Crippen LogP contribution in [-0.4, -0.2) is 21.7 Å². The minimum Gasteiger partial charge on any atom is -0.354 e. The highest BCUT2D eigenvalue weighted by Crippen LogP contribution is 1.95. The lowest BCUT2D eigenvalue weighted by Gasteiger charge is -2.03. The molecule has 0 radical (unpaired) electrons. The van der Waals surface area contributed by atoms with E-state index in [4.69, 9.17) is 0 Å². The Balaban J connectivity index is 2.28. The van der Waals surface area contributed by atoms with Crippen LogP contribution in [0.5, 0.6) is 0 Å². The van der Waals surface area contributed by atoms with Crippen molar-refractivity contribution in [2.24, 2.45) is 5.92 Å². The Morgan fingerprint density at radius 2 is 2.50 bits per heavy atom. The molecule has 2 N–H and O–H groups in total. The van der Waals surface area contributed by atoms with Crippen LogP contribution in [0.15, 0.2) is 6.33 Å². The Bertz CT molecular complexity index is 168. The van der Waals surface area contributed by atoms with Gasteiger partial charge in [0.05, 0.1) is 0 Å². The maximum absolute atomic E-state index is 3.77. The summed E-state index contributed by atoms with van der Waals surface area (Å²) in [7, 11) is 0. The monoisotopic (exact) mass is 140 g/mol. The van der Waals surface area contributed by atoms with Crippen molar-refractivity contribution in [3.63, 3.8) is 0 Å². The molecule has 1 heterocycles. The summed E-state index contributed by atoms with van der Waals surface area (Å²) in [6.45, 7) is 5.21. The predicted octanol–water partition coefficient (Wildman–Crippen LogP) is 0.873. The van der Waals surface area contributed by atoms with Gasteiger partial charge < -0.3 is 10.3 Å². The quantitative estimate of drug-likeness (QED) is 0.655. The first-order valence-electron chi connectivity index (χ1n) is 3.39. The van der Waals surface area contributed by atoms with Crippen LogP contribution in [0.3, 0.4) is 0 Å². The highest BCUT2D eigenvalue weighted by molar-refractivity contribution is 5.19. The molecule has 0 amide bonds. The zero-order valence-electron chi connectivity index (χ0n) is 6.26. The largest absolute Gasteiger partial charge is 0.354 e. The van der Waals surface area contributed by atoms with Crippen molar-refractivity contribution in [1.82, 2.24) is 15.2 Å². The van der Waals surface area contributed by atoms with E-state index in [1.807, 2.05) is 0 Å². The molecular weight excluding hydrogens is 128 g/mol. The summed E-state index contributed by atoms with van der Waals surface area (Å²) in [5, 5.41) is 10.5. The van der Waals surface area contributed by atoms with Crippen LogP contribution in [0.2, 0.25) is 0 Å². The predicted molar refractivity (Wildman–Crippen MR) is 39.7 cm³/mol. The third-order valence-corrected chi connectivity index (χ3v) is 1.09. The second-order valence-electron chi connectivity index (χ2n) is 2.61. The van der Waals surface area contributed by atoms with Crippen molar-refractivity contribution in [2.45, 2.75) is 13.8 Å². The molecule has 0 aliphatic carbocycles. The molecule has 0 aliphatic rings. The van der Waals surface area contributed by atoms with E-state index in [-0.39, 0.29) is 0 Å². The summed E-state index contributed by atoms with van der Waals surface area (Å²) in [6, 6.07) is 0.